The van der Waals surface area contributed by atoms with Gasteiger partial charge in [0.25, 0.3) is 0 Å². The van der Waals surface area contributed by atoms with Crippen molar-refractivity contribution in [3.05, 3.63) is 47.3 Å². The minimum Gasteiger partial charge on any atom is -0.487 e. The van der Waals surface area contributed by atoms with E-state index in [1.807, 2.05) is 16.8 Å². The highest BCUT2D eigenvalue weighted by atomic mass is 16.5. The molecule has 3 heteroatoms. The van der Waals surface area contributed by atoms with Gasteiger partial charge in [0.15, 0.2) is 0 Å². The van der Waals surface area contributed by atoms with E-state index >= 15 is 0 Å². The monoisotopic (exact) mass is 272 g/mol. The first-order valence-electron chi connectivity index (χ1n) is 7.42. The number of nitrogens with zero attached hydrogens (tertiary/aromatic N) is 2. The van der Waals surface area contributed by atoms with E-state index in [2.05, 4.69) is 51.0 Å². The molecule has 1 aromatic carbocycles. The van der Waals surface area contributed by atoms with Gasteiger partial charge in [0.2, 0.25) is 0 Å². The number of aryl methyl sites for hydroxylation is 2. The van der Waals surface area contributed by atoms with Crippen LogP contribution in [0, 0.1) is 0 Å². The lowest BCUT2D eigenvalue weighted by Gasteiger charge is -2.09. The Balaban J connectivity index is 2.02. The molecule has 0 spiro atoms. The van der Waals surface area contributed by atoms with Crippen molar-refractivity contribution in [1.82, 2.24) is 9.78 Å². The lowest BCUT2D eigenvalue weighted by molar-refractivity contribution is 0.292. The van der Waals surface area contributed by atoms with Gasteiger partial charge in [0, 0.05) is 6.54 Å². The SMILES string of the molecule is CCc1cc(COc2ccc(C(C)C)cc2)n(CC)n1. The predicted octanol–water partition coefficient (Wildman–Crippen LogP) is 4.17. The molecule has 108 valence electrons. The van der Waals surface area contributed by atoms with Crippen LogP contribution in [0.3, 0.4) is 0 Å². The zero-order chi connectivity index (χ0) is 14.5. The second kappa shape index (κ2) is 6.60. The van der Waals surface area contributed by atoms with E-state index in [1.165, 1.54) is 5.56 Å². The molecular formula is C17H24N2O. The van der Waals surface area contributed by atoms with Crippen molar-refractivity contribution in [2.75, 3.05) is 0 Å². The maximum Gasteiger partial charge on any atom is 0.130 e. The summed E-state index contributed by atoms with van der Waals surface area (Å²) in [5.41, 5.74) is 3.60. The molecule has 1 aromatic heterocycles. The fourth-order valence-corrected chi connectivity index (χ4v) is 2.18. The molecule has 0 amide bonds. The van der Waals surface area contributed by atoms with Gasteiger partial charge in [-0.2, -0.15) is 5.10 Å². The van der Waals surface area contributed by atoms with Gasteiger partial charge >= 0.3 is 0 Å². The zero-order valence-electron chi connectivity index (χ0n) is 12.9. The molecule has 0 radical (unpaired) electrons. The molecule has 0 bridgehead atoms. The van der Waals surface area contributed by atoms with Crippen LogP contribution in [-0.2, 0) is 19.6 Å². The number of rotatable bonds is 6. The molecular weight excluding hydrogens is 248 g/mol. The number of benzene rings is 1. The Morgan fingerprint density at radius 3 is 2.40 bits per heavy atom. The van der Waals surface area contributed by atoms with E-state index < -0.39 is 0 Å². The summed E-state index contributed by atoms with van der Waals surface area (Å²) >= 11 is 0. The number of aromatic nitrogens is 2. The fraction of sp³-hybridized carbons (Fsp3) is 0.471. The van der Waals surface area contributed by atoms with Crippen molar-refractivity contribution in [2.24, 2.45) is 0 Å². The average Bonchev–Trinajstić information content (AvgIpc) is 2.88. The van der Waals surface area contributed by atoms with E-state index in [9.17, 15) is 0 Å². The van der Waals surface area contributed by atoms with Crippen LogP contribution in [0.2, 0.25) is 0 Å². The largest absolute Gasteiger partial charge is 0.487 e. The molecule has 3 nitrogen and oxygen atoms in total. The highest BCUT2D eigenvalue weighted by Crippen LogP contribution is 2.19. The maximum atomic E-state index is 5.87. The molecule has 0 unspecified atom stereocenters. The highest BCUT2D eigenvalue weighted by Gasteiger charge is 2.06. The highest BCUT2D eigenvalue weighted by molar-refractivity contribution is 5.29. The number of hydrogen-bond acceptors (Lipinski definition) is 2. The van der Waals surface area contributed by atoms with Crippen molar-refractivity contribution < 1.29 is 4.74 Å². The molecule has 1 heterocycles. The standard InChI is InChI=1S/C17H24N2O/c1-5-15-11-16(19(6-2)18-15)12-20-17-9-7-14(8-10-17)13(3)4/h7-11,13H,5-6,12H2,1-4H3. The Kier molecular flexibility index (Phi) is 4.83. The number of hydrogen-bond donors (Lipinski definition) is 0. The Bertz CT molecular complexity index is 541. The summed E-state index contributed by atoms with van der Waals surface area (Å²) in [5, 5.41) is 4.53. The third-order valence-electron chi connectivity index (χ3n) is 3.51. The molecule has 0 aliphatic heterocycles. The summed E-state index contributed by atoms with van der Waals surface area (Å²) in [5.74, 6) is 1.47. The van der Waals surface area contributed by atoms with Gasteiger partial charge in [-0.1, -0.05) is 32.9 Å². The summed E-state index contributed by atoms with van der Waals surface area (Å²) in [7, 11) is 0. The quantitative estimate of drug-likeness (QED) is 0.789. The summed E-state index contributed by atoms with van der Waals surface area (Å²) in [4.78, 5) is 0. The maximum absolute atomic E-state index is 5.87. The van der Waals surface area contributed by atoms with Gasteiger partial charge in [-0.15, -0.1) is 0 Å². The molecule has 0 fully saturated rings. The van der Waals surface area contributed by atoms with E-state index in [0.29, 0.717) is 12.5 Å². The van der Waals surface area contributed by atoms with Crippen LogP contribution in [0.5, 0.6) is 5.75 Å². The van der Waals surface area contributed by atoms with Crippen LogP contribution in [0.15, 0.2) is 30.3 Å². The average molecular weight is 272 g/mol. The van der Waals surface area contributed by atoms with Crippen molar-refractivity contribution in [3.8, 4) is 5.75 Å². The topological polar surface area (TPSA) is 27.1 Å². The first-order chi connectivity index (χ1) is 9.63. The fourth-order valence-electron chi connectivity index (χ4n) is 2.18. The lowest BCUT2D eigenvalue weighted by atomic mass is 10.0. The molecule has 0 aliphatic rings. The second-order valence-electron chi connectivity index (χ2n) is 5.31. The first-order valence-corrected chi connectivity index (χ1v) is 7.42. The smallest absolute Gasteiger partial charge is 0.130 e. The van der Waals surface area contributed by atoms with Gasteiger partial charge < -0.3 is 4.74 Å². The van der Waals surface area contributed by atoms with Crippen LogP contribution < -0.4 is 4.74 Å². The van der Waals surface area contributed by atoms with Gasteiger partial charge in [0.1, 0.15) is 12.4 Å². The Hall–Kier alpha value is -1.77. The normalized spacial score (nSPS) is 11.1. The predicted molar refractivity (Wildman–Crippen MR) is 82.1 cm³/mol. The summed E-state index contributed by atoms with van der Waals surface area (Å²) in [6.45, 7) is 10.1. The van der Waals surface area contributed by atoms with Crippen molar-refractivity contribution in [3.63, 3.8) is 0 Å². The van der Waals surface area contributed by atoms with E-state index in [-0.39, 0.29) is 0 Å². The van der Waals surface area contributed by atoms with E-state index in [4.69, 9.17) is 4.74 Å². The minimum atomic E-state index is 0.553. The minimum absolute atomic E-state index is 0.553. The van der Waals surface area contributed by atoms with Gasteiger partial charge in [-0.3, -0.25) is 4.68 Å². The molecule has 0 atom stereocenters. The molecule has 0 saturated carbocycles. The Morgan fingerprint density at radius 2 is 1.85 bits per heavy atom. The summed E-state index contributed by atoms with van der Waals surface area (Å²) < 4.78 is 7.88. The van der Waals surface area contributed by atoms with Crippen LogP contribution in [-0.4, -0.2) is 9.78 Å². The second-order valence-corrected chi connectivity index (χ2v) is 5.31. The van der Waals surface area contributed by atoms with E-state index in [1.54, 1.807) is 0 Å². The van der Waals surface area contributed by atoms with Crippen molar-refractivity contribution in [1.29, 1.82) is 0 Å². The Labute approximate surface area is 121 Å². The Morgan fingerprint density at radius 1 is 1.15 bits per heavy atom. The molecule has 0 aliphatic carbocycles. The van der Waals surface area contributed by atoms with Crippen LogP contribution >= 0.6 is 0 Å². The molecule has 0 saturated heterocycles. The van der Waals surface area contributed by atoms with Gasteiger partial charge in [0.05, 0.1) is 11.4 Å². The summed E-state index contributed by atoms with van der Waals surface area (Å²) in [6, 6.07) is 10.5. The first kappa shape index (κ1) is 14.6. The van der Waals surface area contributed by atoms with E-state index in [0.717, 1.165) is 30.1 Å². The van der Waals surface area contributed by atoms with Crippen LogP contribution in [0.1, 0.15) is 50.6 Å². The third kappa shape index (κ3) is 3.41. The summed E-state index contributed by atoms with van der Waals surface area (Å²) in [6.07, 6.45) is 0.961. The van der Waals surface area contributed by atoms with Crippen molar-refractivity contribution in [2.45, 2.75) is 53.2 Å². The lowest BCUT2D eigenvalue weighted by Crippen LogP contribution is -2.06. The molecule has 0 N–H and O–H groups in total. The van der Waals surface area contributed by atoms with Crippen LogP contribution in [0.4, 0.5) is 0 Å². The zero-order valence-corrected chi connectivity index (χ0v) is 12.9. The number of ether oxygens (including phenoxy) is 1. The third-order valence-corrected chi connectivity index (χ3v) is 3.51. The van der Waals surface area contributed by atoms with Crippen LogP contribution in [0.25, 0.3) is 0 Å². The molecule has 2 aromatic rings. The van der Waals surface area contributed by atoms with Gasteiger partial charge in [-0.25, -0.2) is 0 Å². The molecule has 20 heavy (non-hydrogen) atoms. The van der Waals surface area contributed by atoms with Crippen molar-refractivity contribution >= 4 is 0 Å². The molecule has 2 rings (SSSR count). The van der Waals surface area contributed by atoms with Gasteiger partial charge in [-0.05, 0) is 43.0 Å².